The van der Waals surface area contributed by atoms with Gasteiger partial charge in [-0.2, -0.15) is 0 Å². The minimum Gasteiger partial charge on any atom is -0.487 e. The van der Waals surface area contributed by atoms with E-state index in [-0.39, 0.29) is 12.0 Å². The molecular formula is C23H22N2O3. The normalized spacial score (nSPS) is 16.0. The van der Waals surface area contributed by atoms with Gasteiger partial charge in [-0.3, -0.25) is 9.78 Å². The van der Waals surface area contributed by atoms with Gasteiger partial charge in [0.1, 0.15) is 17.6 Å². The second kappa shape index (κ2) is 8.13. The summed E-state index contributed by atoms with van der Waals surface area (Å²) in [5, 5.41) is 2.94. The Morgan fingerprint density at radius 2 is 1.93 bits per heavy atom. The van der Waals surface area contributed by atoms with Gasteiger partial charge in [0.05, 0.1) is 6.54 Å². The molecule has 4 rings (SSSR count). The van der Waals surface area contributed by atoms with E-state index in [1.165, 1.54) is 0 Å². The third kappa shape index (κ3) is 3.98. The number of ether oxygens (including phenoxy) is 2. The van der Waals surface area contributed by atoms with E-state index in [1.807, 2.05) is 54.6 Å². The van der Waals surface area contributed by atoms with Gasteiger partial charge in [0.2, 0.25) is 0 Å². The fraction of sp³-hybridized carbons (Fsp3) is 0.217. The van der Waals surface area contributed by atoms with Crippen LogP contribution in [0, 0.1) is 0 Å². The highest BCUT2D eigenvalue weighted by Gasteiger charge is 2.26. The van der Waals surface area contributed by atoms with Crippen LogP contribution >= 0.6 is 0 Å². The van der Waals surface area contributed by atoms with Gasteiger partial charge in [-0.05, 0) is 42.3 Å². The van der Waals surface area contributed by atoms with Gasteiger partial charge in [-0.1, -0.05) is 36.4 Å². The second-order valence-electron chi connectivity index (χ2n) is 6.79. The van der Waals surface area contributed by atoms with Crippen molar-refractivity contribution in [2.24, 2.45) is 0 Å². The summed E-state index contributed by atoms with van der Waals surface area (Å²) in [4.78, 5) is 16.4. The monoisotopic (exact) mass is 374 g/mol. The molecule has 5 heteroatoms. The molecule has 28 heavy (non-hydrogen) atoms. The molecule has 0 saturated heterocycles. The van der Waals surface area contributed by atoms with Crippen molar-refractivity contribution >= 4 is 5.91 Å². The fourth-order valence-electron chi connectivity index (χ4n) is 3.33. The maximum absolute atomic E-state index is 12.4. The summed E-state index contributed by atoms with van der Waals surface area (Å²) in [5.41, 5.74) is 3.28. The van der Waals surface area contributed by atoms with Gasteiger partial charge < -0.3 is 14.8 Å². The average molecular weight is 374 g/mol. The number of para-hydroxylation sites is 2. The number of hydrogen-bond donors (Lipinski definition) is 1. The molecule has 142 valence electrons. The van der Waals surface area contributed by atoms with Crippen LogP contribution in [0.25, 0.3) is 11.1 Å². The predicted octanol–water partition coefficient (Wildman–Crippen LogP) is 3.64. The van der Waals surface area contributed by atoms with Crippen molar-refractivity contribution in [2.45, 2.75) is 25.6 Å². The van der Waals surface area contributed by atoms with E-state index < -0.39 is 6.10 Å². The number of aromatic nitrogens is 1. The molecule has 1 aromatic heterocycles. The summed E-state index contributed by atoms with van der Waals surface area (Å²) >= 11 is 0. The van der Waals surface area contributed by atoms with Gasteiger partial charge >= 0.3 is 0 Å². The van der Waals surface area contributed by atoms with Gasteiger partial charge in [0.15, 0.2) is 6.10 Å². The van der Waals surface area contributed by atoms with Crippen molar-refractivity contribution in [3.63, 3.8) is 0 Å². The Labute approximate surface area is 164 Å². The van der Waals surface area contributed by atoms with Crippen LogP contribution in [-0.2, 0) is 11.2 Å². The van der Waals surface area contributed by atoms with Crippen LogP contribution in [0.2, 0.25) is 0 Å². The minimum absolute atomic E-state index is 0.0918. The maximum Gasteiger partial charge on any atom is 0.260 e. The Kier molecular flexibility index (Phi) is 5.24. The molecule has 2 aromatic carbocycles. The van der Waals surface area contributed by atoms with Crippen LogP contribution < -0.4 is 14.8 Å². The highest BCUT2D eigenvalue weighted by molar-refractivity contribution is 5.80. The van der Waals surface area contributed by atoms with E-state index in [9.17, 15) is 4.79 Å². The molecule has 1 N–H and O–H groups in total. The van der Waals surface area contributed by atoms with Crippen LogP contribution in [0.4, 0.5) is 0 Å². The molecule has 0 saturated carbocycles. The highest BCUT2D eigenvalue weighted by Crippen LogP contribution is 2.38. The Morgan fingerprint density at radius 1 is 1.14 bits per heavy atom. The first kappa shape index (κ1) is 18.0. The third-order valence-corrected chi connectivity index (χ3v) is 4.75. The summed E-state index contributed by atoms with van der Waals surface area (Å²) < 4.78 is 11.8. The smallest absolute Gasteiger partial charge is 0.260 e. The number of hydrogen-bond acceptors (Lipinski definition) is 4. The van der Waals surface area contributed by atoms with Crippen molar-refractivity contribution in [2.75, 3.05) is 6.54 Å². The van der Waals surface area contributed by atoms with E-state index in [1.54, 1.807) is 19.3 Å². The zero-order chi connectivity index (χ0) is 19.3. The topological polar surface area (TPSA) is 60.5 Å². The zero-order valence-electron chi connectivity index (χ0n) is 15.7. The number of nitrogens with zero attached hydrogens (tertiary/aromatic N) is 1. The summed E-state index contributed by atoms with van der Waals surface area (Å²) in [6.07, 6.45) is 3.65. The number of benzene rings is 2. The number of amides is 1. The van der Waals surface area contributed by atoms with Gasteiger partial charge in [0, 0.05) is 24.4 Å². The molecule has 5 nitrogen and oxygen atoms in total. The Hall–Kier alpha value is -3.34. The first-order valence-electron chi connectivity index (χ1n) is 9.39. The molecule has 2 atom stereocenters. The van der Waals surface area contributed by atoms with Gasteiger partial charge in [-0.25, -0.2) is 0 Å². The summed E-state index contributed by atoms with van der Waals surface area (Å²) in [6.45, 7) is 2.18. The molecule has 0 radical (unpaired) electrons. The molecule has 3 aromatic rings. The molecule has 0 aliphatic carbocycles. The predicted molar refractivity (Wildman–Crippen MR) is 107 cm³/mol. The second-order valence-corrected chi connectivity index (χ2v) is 6.79. The molecular weight excluding hydrogens is 352 g/mol. The molecule has 2 heterocycles. The first-order chi connectivity index (χ1) is 13.7. The van der Waals surface area contributed by atoms with E-state index >= 15 is 0 Å². The number of nitrogens with one attached hydrogen (secondary N) is 1. The molecule has 2 unspecified atom stereocenters. The Morgan fingerprint density at radius 3 is 2.71 bits per heavy atom. The van der Waals surface area contributed by atoms with Crippen molar-refractivity contribution in [3.8, 4) is 22.6 Å². The summed E-state index contributed by atoms with van der Waals surface area (Å²) in [7, 11) is 0. The quantitative estimate of drug-likeness (QED) is 0.716. The Balaban J connectivity index is 1.36. The minimum atomic E-state index is -0.571. The number of carbonyl (C=O) groups excluding carboxylic acids is 1. The van der Waals surface area contributed by atoms with E-state index in [4.69, 9.17) is 9.47 Å². The van der Waals surface area contributed by atoms with Crippen LogP contribution in [0.5, 0.6) is 11.5 Å². The van der Waals surface area contributed by atoms with Crippen LogP contribution in [-0.4, -0.2) is 29.6 Å². The van der Waals surface area contributed by atoms with Crippen LogP contribution in [0.1, 0.15) is 12.5 Å². The van der Waals surface area contributed by atoms with Crippen molar-refractivity contribution in [1.82, 2.24) is 10.3 Å². The number of rotatable bonds is 6. The van der Waals surface area contributed by atoms with E-state index in [0.717, 1.165) is 28.9 Å². The zero-order valence-corrected chi connectivity index (χ0v) is 15.7. The lowest BCUT2D eigenvalue weighted by Gasteiger charge is -2.17. The lowest BCUT2D eigenvalue weighted by molar-refractivity contribution is -0.127. The molecule has 0 fully saturated rings. The molecule has 1 amide bonds. The van der Waals surface area contributed by atoms with Crippen LogP contribution in [0.3, 0.4) is 0 Å². The number of carbonyl (C=O) groups is 1. The van der Waals surface area contributed by atoms with Crippen molar-refractivity contribution in [3.05, 3.63) is 78.6 Å². The largest absolute Gasteiger partial charge is 0.487 e. The van der Waals surface area contributed by atoms with Crippen molar-refractivity contribution in [1.29, 1.82) is 0 Å². The average Bonchev–Trinajstić information content (AvgIpc) is 3.16. The van der Waals surface area contributed by atoms with Gasteiger partial charge in [0.25, 0.3) is 5.91 Å². The maximum atomic E-state index is 12.4. The Bertz CT molecular complexity index is 945. The molecule has 1 aliphatic rings. The molecule has 0 bridgehead atoms. The summed E-state index contributed by atoms with van der Waals surface area (Å²) in [5.74, 6) is 1.41. The first-order valence-corrected chi connectivity index (χ1v) is 9.39. The van der Waals surface area contributed by atoms with Crippen molar-refractivity contribution < 1.29 is 14.3 Å². The number of pyridine rings is 1. The van der Waals surface area contributed by atoms with Gasteiger partial charge in [-0.15, -0.1) is 0 Å². The molecule has 0 spiro atoms. The third-order valence-electron chi connectivity index (χ3n) is 4.75. The number of fused-ring (bicyclic) bond motifs is 1. The summed E-state index contributed by atoms with van der Waals surface area (Å²) in [6, 6.07) is 19.4. The van der Waals surface area contributed by atoms with E-state index in [2.05, 4.69) is 16.4 Å². The van der Waals surface area contributed by atoms with Crippen LogP contribution in [0.15, 0.2) is 73.1 Å². The highest BCUT2D eigenvalue weighted by atomic mass is 16.5. The standard InChI is InChI=1S/C23H22N2O3/c1-16(27-19-7-3-2-4-8-19)23(26)25-15-20-14-18-6-5-9-21(22(18)28-20)17-10-12-24-13-11-17/h2-13,16,20H,14-15H2,1H3,(H,25,26). The fourth-order valence-corrected chi connectivity index (χ4v) is 3.33. The molecule has 1 aliphatic heterocycles. The SMILES string of the molecule is CC(Oc1ccccc1)C(=O)NCC1Cc2cccc(-c3ccncc3)c2O1. The lowest BCUT2D eigenvalue weighted by Crippen LogP contribution is -2.41. The lowest BCUT2D eigenvalue weighted by atomic mass is 10.0. The van der Waals surface area contributed by atoms with E-state index in [0.29, 0.717) is 12.3 Å².